The van der Waals surface area contributed by atoms with E-state index in [1.807, 2.05) is 0 Å². The van der Waals surface area contributed by atoms with Gasteiger partial charge in [0.1, 0.15) is 4.90 Å². The maximum atomic E-state index is 12.7. The summed E-state index contributed by atoms with van der Waals surface area (Å²) in [5.41, 5.74) is 0. The van der Waals surface area contributed by atoms with Gasteiger partial charge in [-0.05, 0) is 12.8 Å². The van der Waals surface area contributed by atoms with Crippen LogP contribution in [0.25, 0.3) is 0 Å². The van der Waals surface area contributed by atoms with Gasteiger partial charge in [-0.25, -0.2) is 8.42 Å². The van der Waals surface area contributed by atoms with Gasteiger partial charge in [0.2, 0.25) is 10.0 Å². The Morgan fingerprint density at radius 2 is 2.11 bits per heavy atom. The number of halogens is 1. The predicted molar refractivity (Wildman–Crippen MR) is 77.8 cm³/mol. The molecule has 0 radical (unpaired) electrons. The molecule has 0 unspecified atom stereocenters. The Hall–Kier alpha value is -0.400. The number of sulfonamides is 1. The first-order chi connectivity index (χ1) is 9.05. The molecule has 108 valence electrons. The second-order valence-electron chi connectivity index (χ2n) is 4.95. The molecule has 0 aliphatic heterocycles. The molecular weight excluding hydrogens is 330 g/mol. The minimum atomic E-state index is -3.42. The summed E-state index contributed by atoms with van der Waals surface area (Å²) in [5, 5.41) is 4.63. The molecule has 2 rings (SSSR count). The van der Waals surface area contributed by atoms with Gasteiger partial charge in [-0.1, -0.05) is 35.2 Å². The third kappa shape index (κ3) is 3.38. The first-order valence-electron chi connectivity index (χ1n) is 6.62. The van der Waals surface area contributed by atoms with Crippen molar-refractivity contribution in [3.8, 4) is 0 Å². The average Bonchev–Trinajstić information content (AvgIpc) is 2.84. The highest BCUT2D eigenvalue weighted by Crippen LogP contribution is 2.27. The summed E-state index contributed by atoms with van der Waals surface area (Å²) in [6.45, 7) is 0.516. The molecule has 7 heteroatoms. The van der Waals surface area contributed by atoms with Crippen molar-refractivity contribution in [3.63, 3.8) is 0 Å². The van der Waals surface area contributed by atoms with Crippen LogP contribution in [0.3, 0.4) is 0 Å². The maximum Gasteiger partial charge on any atom is 0.246 e. The number of hydrogen-bond donors (Lipinski definition) is 0. The smallest absolute Gasteiger partial charge is 0.246 e. The van der Waals surface area contributed by atoms with E-state index in [1.54, 1.807) is 17.5 Å². The Labute approximate surface area is 123 Å². The lowest BCUT2D eigenvalue weighted by molar-refractivity contribution is 0.263. The van der Waals surface area contributed by atoms with Gasteiger partial charge in [-0.15, -0.1) is 0 Å². The predicted octanol–water partition coefficient (Wildman–Crippen LogP) is 2.14. The van der Waals surface area contributed by atoms with Crippen LogP contribution in [0.5, 0.6) is 0 Å². The fourth-order valence-electron chi connectivity index (χ4n) is 2.62. The van der Waals surface area contributed by atoms with Crippen molar-refractivity contribution in [2.24, 2.45) is 7.05 Å². The summed E-state index contributed by atoms with van der Waals surface area (Å²) in [6, 6.07) is 0.136. The highest BCUT2D eigenvalue weighted by molar-refractivity contribution is 9.09. The molecule has 19 heavy (non-hydrogen) atoms. The highest BCUT2D eigenvalue weighted by atomic mass is 79.9. The quantitative estimate of drug-likeness (QED) is 0.765. The van der Waals surface area contributed by atoms with Crippen LogP contribution >= 0.6 is 15.9 Å². The largest absolute Gasteiger partial charge is 0.274 e. The first-order valence-corrected chi connectivity index (χ1v) is 9.18. The SMILES string of the molecule is Cn1cc(S(=O)(=O)N(CCBr)C2CCCCC2)cn1. The molecule has 0 bridgehead atoms. The number of aromatic nitrogens is 2. The molecule has 1 aliphatic carbocycles. The topological polar surface area (TPSA) is 55.2 Å². The number of nitrogens with zero attached hydrogens (tertiary/aromatic N) is 3. The molecule has 1 aromatic heterocycles. The van der Waals surface area contributed by atoms with Crippen molar-refractivity contribution in [2.45, 2.75) is 43.0 Å². The van der Waals surface area contributed by atoms with E-state index < -0.39 is 10.0 Å². The highest BCUT2D eigenvalue weighted by Gasteiger charge is 2.32. The molecule has 0 spiro atoms. The van der Waals surface area contributed by atoms with Gasteiger partial charge in [-0.2, -0.15) is 9.40 Å². The molecule has 1 saturated carbocycles. The zero-order valence-corrected chi connectivity index (χ0v) is 13.5. The van der Waals surface area contributed by atoms with Crippen LogP contribution in [-0.4, -0.2) is 40.4 Å². The number of hydrogen-bond acceptors (Lipinski definition) is 3. The van der Waals surface area contributed by atoms with Gasteiger partial charge in [0.25, 0.3) is 0 Å². The van der Waals surface area contributed by atoms with Crippen LogP contribution < -0.4 is 0 Å². The van der Waals surface area contributed by atoms with Crippen LogP contribution in [0.1, 0.15) is 32.1 Å². The van der Waals surface area contributed by atoms with E-state index in [-0.39, 0.29) is 6.04 Å². The Bertz CT molecular complexity index is 509. The van der Waals surface area contributed by atoms with Crippen molar-refractivity contribution in [3.05, 3.63) is 12.4 Å². The molecular formula is C12H20BrN3O2S. The van der Waals surface area contributed by atoms with E-state index in [9.17, 15) is 8.42 Å². The van der Waals surface area contributed by atoms with Gasteiger partial charge in [0, 0.05) is 31.2 Å². The monoisotopic (exact) mass is 349 g/mol. The molecule has 0 amide bonds. The van der Waals surface area contributed by atoms with E-state index in [2.05, 4.69) is 21.0 Å². The molecule has 1 heterocycles. The van der Waals surface area contributed by atoms with Crippen LogP contribution in [0, 0.1) is 0 Å². The molecule has 1 aromatic rings. The van der Waals surface area contributed by atoms with Crippen LogP contribution in [0.2, 0.25) is 0 Å². The van der Waals surface area contributed by atoms with Gasteiger partial charge in [0.05, 0.1) is 6.20 Å². The third-order valence-corrected chi connectivity index (χ3v) is 5.83. The second-order valence-corrected chi connectivity index (χ2v) is 7.63. The number of rotatable bonds is 5. The lowest BCUT2D eigenvalue weighted by atomic mass is 9.95. The van der Waals surface area contributed by atoms with Crippen molar-refractivity contribution in [1.29, 1.82) is 0 Å². The minimum Gasteiger partial charge on any atom is -0.274 e. The summed E-state index contributed by atoms with van der Waals surface area (Å²) in [4.78, 5) is 0.293. The zero-order valence-electron chi connectivity index (χ0n) is 11.1. The molecule has 0 aromatic carbocycles. The van der Waals surface area contributed by atoms with Crippen molar-refractivity contribution < 1.29 is 8.42 Å². The Morgan fingerprint density at radius 3 is 2.63 bits per heavy atom. The van der Waals surface area contributed by atoms with Crippen LogP contribution in [0.4, 0.5) is 0 Å². The van der Waals surface area contributed by atoms with Crippen molar-refractivity contribution in [1.82, 2.24) is 14.1 Å². The molecule has 1 aliphatic rings. The fourth-order valence-corrected chi connectivity index (χ4v) is 4.91. The van der Waals surface area contributed by atoms with Gasteiger partial charge in [0.15, 0.2) is 0 Å². The Morgan fingerprint density at radius 1 is 1.42 bits per heavy atom. The summed E-state index contributed by atoms with van der Waals surface area (Å²) in [5.74, 6) is 0. The van der Waals surface area contributed by atoms with Gasteiger partial charge < -0.3 is 0 Å². The van der Waals surface area contributed by atoms with E-state index in [4.69, 9.17) is 0 Å². The molecule has 1 fully saturated rings. The van der Waals surface area contributed by atoms with Crippen molar-refractivity contribution in [2.75, 3.05) is 11.9 Å². The number of alkyl halides is 1. The Balaban J connectivity index is 2.26. The van der Waals surface area contributed by atoms with E-state index in [0.717, 1.165) is 25.7 Å². The zero-order chi connectivity index (χ0) is 13.9. The molecule has 0 saturated heterocycles. The summed E-state index contributed by atoms with van der Waals surface area (Å²) >= 11 is 3.36. The molecule has 0 N–H and O–H groups in total. The second kappa shape index (κ2) is 6.37. The average molecular weight is 350 g/mol. The van der Waals surface area contributed by atoms with Crippen LogP contribution in [0.15, 0.2) is 17.3 Å². The fraction of sp³-hybridized carbons (Fsp3) is 0.750. The molecule has 5 nitrogen and oxygen atoms in total. The van der Waals surface area contributed by atoms with Crippen LogP contribution in [-0.2, 0) is 17.1 Å². The maximum absolute atomic E-state index is 12.7. The first kappa shape index (κ1) is 15.0. The van der Waals surface area contributed by atoms with Crippen molar-refractivity contribution >= 4 is 26.0 Å². The minimum absolute atomic E-state index is 0.136. The normalized spacial score (nSPS) is 18.1. The van der Waals surface area contributed by atoms with E-state index in [0.29, 0.717) is 16.8 Å². The summed E-state index contributed by atoms with van der Waals surface area (Å²) < 4.78 is 28.6. The lowest BCUT2D eigenvalue weighted by Gasteiger charge is -2.32. The summed E-state index contributed by atoms with van der Waals surface area (Å²) in [6.07, 6.45) is 8.38. The lowest BCUT2D eigenvalue weighted by Crippen LogP contribution is -2.42. The van der Waals surface area contributed by atoms with Gasteiger partial charge >= 0.3 is 0 Å². The third-order valence-electron chi connectivity index (χ3n) is 3.57. The van der Waals surface area contributed by atoms with Gasteiger partial charge in [-0.3, -0.25) is 4.68 Å². The van der Waals surface area contributed by atoms with E-state index >= 15 is 0 Å². The standard InChI is InChI=1S/C12H20BrN3O2S/c1-15-10-12(9-14-15)19(17,18)16(8-7-13)11-5-3-2-4-6-11/h9-11H,2-8H2,1H3. The molecule has 0 atom stereocenters. The Kier molecular flexibility index (Phi) is 5.03. The van der Waals surface area contributed by atoms with E-state index in [1.165, 1.54) is 17.3 Å². The number of aryl methyl sites for hydroxylation is 1. The summed E-state index contributed by atoms with van der Waals surface area (Å²) in [7, 11) is -1.69.